The second kappa shape index (κ2) is 7.75. The Hall–Kier alpha value is -2.95. The molecule has 5 nitrogen and oxygen atoms in total. The van der Waals surface area contributed by atoms with Crippen LogP contribution in [0.15, 0.2) is 64.7 Å². The first-order valence-electron chi connectivity index (χ1n) is 8.37. The van der Waals surface area contributed by atoms with Crippen molar-refractivity contribution in [3.8, 4) is 0 Å². The number of hydrogen-bond acceptors (Lipinski definition) is 4. The summed E-state index contributed by atoms with van der Waals surface area (Å²) in [6.07, 6.45) is 1.49. The number of guanidine groups is 1. The largest absolute Gasteiger partial charge is 0.293 e. The number of aliphatic imine (C=N–C) groups is 1. The minimum absolute atomic E-state index is 0.0974. The van der Waals surface area contributed by atoms with Gasteiger partial charge in [-0.3, -0.25) is 10.1 Å². The van der Waals surface area contributed by atoms with Crippen LogP contribution in [0.25, 0.3) is 0 Å². The monoisotopic (exact) mass is 334 g/mol. The molecular weight excluding hydrogens is 312 g/mol. The van der Waals surface area contributed by atoms with Crippen LogP contribution in [-0.2, 0) is 17.6 Å². The van der Waals surface area contributed by atoms with Gasteiger partial charge in [-0.2, -0.15) is 5.10 Å². The molecule has 25 heavy (non-hydrogen) atoms. The third kappa shape index (κ3) is 4.76. The lowest BCUT2D eigenvalue weighted by atomic mass is 10.0. The number of hydrazone groups is 1. The first-order chi connectivity index (χ1) is 12.1. The Balaban J connectivity index is 1.61. The Labute approximate surface area is 147 Å². The SMILES string of the molecule is CC(C)=NNC1=NC(Cc2ccc(Cc3ccccc3)cc2)C(=O)N1. The zero-order valence-electron chi connectivity index (χ0n) is 14.5. The summed E-state index contributed by atoms with van der Waals surface area (Å²) in [6.45, 7) is 3.75. The Morgan fingerprint density at radius 2 is 1.68 bits per heavy atom. The lowest BCUT2D eigenvalue weighted by molar-refractivity contribution is -0.120. The third-order valence-electron chi connectivity index (χ3n) is 3.92. The molecule has 0 radical (unpaired) electrons. The van der Waals surface area contributed by atoms with E-state index in [0.29, 0.717) is 12.4 Å². The fraction of sp³-hybridized carbons (Fsp3) is 0.250. The number of hydrogen-bond donors (Lipinski definition) is 2. The number of benzene rings is 2. The number of rotatable bonds is 5. The normalized spacial score (nSPS) is 16.2. The standard InChI is InChI=1S/C20H22N4O/c1-14(2)23-24-20-21-18(19(25)22-20)13-17-10-8-16(9-11-17)12-15-6-4-3-5-7-15/h3-11,18H,12-13H2,1-2H3,(H2,21,22,24,25). The Bertz CT molecular complexity index is 790. The number of carbonyl (C=O) groups excluding carboxylic acids is 1. The number of carbonyl (C=O) groups is 1. The van der Waals surface area contributed by atoms with Gasteiger partial charge >= 0.3 is 0 Å². The molecule has 1 amide bonds. The molecule has 0 saturated carbocycles. The first-order valence-corrected chi connectivity index (χ1v) is 8.37. The van der Waals surface area contributed by atoms with Gasteiger partial charge in [0.2, 0.25) is 5.96 Å². The molecule has 2 aromatic rings. The van der Waals surface area contributed by atoms with E-state index < -0.39 is 6.04 Å². The zero-order chi connectivity index (χ0) is 17.6. The molecule has 0 saturated heterocycles. The molecule has 0 aliphatic carbocycles. The highest BCUT2D eigenvalue weighted by Crippen LogP contribution is 2.14. The van der Waals surface area contributed by atoms with Crippen molar-refractivity contribution in [3.05, 3.63) is 71.3 Å². The molecule has 1 atom stereocenters. The van der Waals surface area contributed by atoms with E-state index in [2.05, 4.69) is 69.4 Å². The maximum atomic E-state index is 12.0. The van der Waals surface area contributed by atoms with E-state index in [4.69, 9.17) is 0 Å². The van der Waals surface area contributed by atoms with Gasteiger partial charge in [0.15, 0.2) is 0 Å². The molecule has 0 spiro atoms. The first kappa shape index (κ1) is 16.9. The minimum atomic E-state index is -0.408. The van der Waals surface area contributed by atoms with Gasteiger partial charge in [0.05, 0.1) is 0 Å². The van der Waals surface area contributed by atoms with Crippen molar-refractivity contribution in [3.63, 3.8) is 0 Å². The molecule has 3 rings (SSSR count). The van der Waals surface area contributed by atoms with Crippen molar-refractivity contribution < 1.29 is 4.79 Å². The maximum absolute atomic E-state index is 12.0. The van der Waals surface area contributed by atoms with Gasteiger partial charge in [-0.25, -0.2) is 10.4 Å². The molecule has 1 aliphatic rings. The van der Waals surface area contributed by atoms with Crippen molar-refractivity contribution >= 4 is 17.6 Å². The third-order valence-corrected chi connectivity index (χ3v) is 3.92. The van der Waals surface area contributed by atoms with Gasteiger partial charge in [0, 0.05) is 12.1 Å². The Kier molecular flexibility index (Phi) is 5.23. The van der Waals surface area contributed by atoms with Crippen molar-refractivity contribution in [2.75, 3.05) is 0 Å². The topological polar surface area (TPSA) is 65.8 Å². The molecule has 1 aliphatic heterocycles. The van der Waals surface area contributed by atoms with Crippen LogP contribution in [0.1, 0.15) is 30.5 Å². The maximum Gasteiger partial charge on any atom is 0.251 e. The van der Waals surface area contributed by atoms with Gasteiger partial charge < -0.3 is 0 Å². The zero-order valence-corrected chi connectivity index (χ0v) is 14.5. The van der Waals surface area contributed by atoms with E-state index in [1.165, 1.54) is 11.1 Å². The second-order valence-electron chi connectivity index (χ2n) is 6.34. The van der Waals surface area contributed by atoms with E-state index >= 15 is 0 Å². The van der Waals surface area contributed by atoms with Crippen LogP contribution in [0.5, 0.6) is 0 Å². The Morgan fingerprint density at radius 3 is 2.36 bits per heavy atom. The predicted octanol–water partition coefficient (Wildman–Crippen LogP) is 2.66. The van der Waals surface area contributed by atoms with Crippen LogP contribution in [0, 0.1) is 0 Å². The molecule has 0 bridgehead atoms. The molecular formula is C20H22N4O. The van der Waals surface area contributed by atoms with E-state index in [9.17, 15) is 4.79 Å². The van der Waals surface area contributed by atoms with E-state index in [1.807, 2.05) is 19.9 Å². The van der Waals surface area contributed by atoms with Crippen LogP contribution in [0.4, 0.5) is 0 Å². The van der Waals surface area contributed by atoms with E-state index in [1.54, 1.807) is 0 Å². The van der Waals surface area contributed by atoms with Crippen molar-refractivity contribution in [1.29, 1.82) is 0 Å². The average molecular weight is 334 g/mol. The van der Waals surface area contributed by atoms with Crippen LogP contribution in [-0.4, -0.2) is 23.6 Å². The number of nitrogens with zero attached hydrogens (tertiary/aromatic N) is 2. The fourth-order valence-corrected chi connectivity index (χ4v) is 2.65. The summed E-state index contributed by atoms with van der Waals surface area (Å²) < 4.78 is 0. The highest BCUT2D eigenvalue weighted by Gasteiger charge is 2.26. The summed E-state index contributed by atoms with van der Waals surface area (Å²) in [7, 11) is 0. The van der Waals surface area contributed by atoms with Gasteiger partial charge in [-0.1, -0.05) is 54.6 Å². The van der Waals surface area contributed by atoms with Gasteiger partial charge in [-0.15, -0.1) is 0 Å². The average Bonchev–Trinajstić information content (AvgIpc) is 2.95. The number of amides is 1. The summed E-state index contributed by atoms with van der Waals surface area (Å²) in [5, 5.41) is 6.77. The lowest BCUT2D eigenvalue weighted by Gasteiger charge is -2.07. The van der Waals surface area contributed by atoms with Gasteiger partial charge in [0.1, 0.15) is 6.04 Å². The van der Waals surface area contributed by atoms with Crippen molar-refractivity contribution in [1.82, 2.24) is 10.7 Å². The quantitative estimate of drug-likeness (QED) is 0.652. The Morgan fingerprint density at radius 1 is 1.04 bits per heavy atom. The summed E-state index contributed by atoms with van der Waals surface area (Å²) in [5.74, 6) is 0.316. The summed E-state index contributed by atoms with van der Waals surface area (Å²) >= 11 is 0. The molecule has 128 valence electrons. The molecule has 1 unspecified atom stereocenters. The predicted molar refractivity (Wildman–Crippen MR) is 101 cm³/mol. The molecule has 2 aromatic carbocycles. The van der Waals surface area contributed by atoms with Crippen LogP contribution in [0.2, 0.25) is 0 Å². The molecule has 0 aromatic heterocycles. The fourth-order valence-electron chi connectivity index (χ4n) is 2.65. The highest BCUT2D eigenvalue weighted by molar-refractivity contribution is 6.05. The highest BCUT2D eigenvalue weighted by atomic mass is 16.2. The second-order valence-corrected chi connectivity index (χ2v) is 6.34. The van der Waals surface area contributed by atoms with Gasteiger partial charge in [0.25, 0.3) is 5.91 Å². The molecule has 2 N–H and O–H groups in total. The van der Waals surface area contributed by atoms with Crippen molar-refractivity contribution in [2.45, 2.75) is 32.7 Å². The summed E-state index contributed by atoms with van der Waals surface area (Å²) in [6, 6.07) is 18.3. The van der Waals surface area contributed by atoms with Crippen molar-refractivity contribution in [2.24, 2.45) is 10.1 Å². The van der Waals surface area contributed by atoms with Gasteiger partial charge in [-0.05, 0) is 37.0 Å². The molecule has 0 fully saturated rings. The number of nitrogens with one attached hydrogen (secondary N) is 2. The van der Waals surface area contributed by atoms with Crippen LogP contribution < -0.4 is 10.7 Å². The minimum Gasteiger partial charge on any atom is -0.293 e. The smallest absolute Gasteiger partial charge is 0.251 e. The van der Waals surface area contributed by atoms with Crippen LogP contribution >= 0.6 is 0 Å². The van der Waals surface area contributed by atoms with Crippen LogP contribution in [0.3, 0.4) is 0 Å². The summed E-state index contributed by atoms with van der Waals surface area (Å²) in [5.41, 5.74) is 7.28. The lowest BCUT2D eigenvalue weighted by Crippen LogP contribution is -2.35. The van der Waals surface area contributed by atoms with E-state index in [0.717, 1.165) is 17.7 Å². The van der Waals surface area contributed by atoms with E-state index in [-0.39, 0.29) is 5.91 Å². The molecule has 5 heteroatoms. The molecule has 1 heterocycles. The summed E-state index contributed by atoms with van der Waals surface area (Å²) in [4.78, 5) is 16.4.